The summed E-state index contributed by atoms with van der Waals surface area (Å²) in [6.45, 7) is 13.6. The first kappa shape index (κ1) is 36.2. The van der Waals surface area contributed by atoms with Gasteiger partial charge in [0.25, 0.3) is 0 Å². The minimum absolute atomic E-state index is 0.101. The Morgan fingerprint density at radius 2 is 0.556 bits per heavy atom. The molecule has 0 aliphatic rings. The van der Waals surface area contributed by atoms with Gasteiger partial charge in [0.2, 0.25) is 0 Å². The van der Waals surface area contributed by atoms with Crippen molar-refractivity contribution >= 4 is 46.3 Å². The number of nitrogens with zero attached hydrogens (tertiary/aromatic N) is 2. The Labute approximate surface area is 322 Å². The molecule has 0 atom stereocenters. The van der Waals surface area contributed by atoms with E-state index in [0.29, 0.717) is 0 Å². The summed E-state index contributed by atoms with van der Waals surface area (Å²) in [6, 6.07) is 65.5. The summed E-state index contributed by atoms with van der Waals surface area (Å²) in [5.41, 5.74) is 14.4. The fraction of sp³-hybridized carbons (Fsp3) is 0.154. The van der Waals surface area contributed by atoms with Crippen LogP contribution in [0.2, 0.25) is 0 Å². The second-order valence-electron chi connectivity index (χ2n) is 16.0. The topological polar surface area (TPSA) is 6.48 Å². The smallest absolute Gasteiger partial charge is 0.0462 e. The Balaban J connectivity index is 1.08. The van der Waals surface area contributed by atoms with Crippen molar-refractivity contribution in [1.29, 1.82) is 0 Å². The first-order valence-corrected chi connectivity index (χ1v) is 18.9. The average molecular weight is 703 g/mol. The lowest BCUT2D eigenvalue weighted by atomic mass is 9.86. The summed E-state index contributed by atoms with van der Waals surface area (Å²) < 4.78 is 0. The number of anilines is 6. The zero-order valence-electron chi connectivity index (χ0n) is 32.4. The van der Waals surface area contributed by atoms with Crippen LogP contribution in [0.4, 0.5) is 34.1 Å². The largest absolute Gasteiger partial charge is 0.311 e. The molecule has 0 aliphatic carbocycles. The molecule has 0 aliphatic heterocycles. The van der Waals surface area contributed by atoms with E-state index in [1.165, 1.54) is 27.8 Å². The molecule has 7 aromatic carbocycles. The summed E-state index contributed by atoms with van der Waals surface area (Å²) in [5.74, 6) is 0. The molecule has 54 heavy (non-hydrogen) atoms. The van der Waals surface area contributed by atoms with Crippen molar-refractivity contribution in [3.05, 3.63) is 204 Å². The van der Waals surface area contributed by atoms with Crippen molar-refractivity contribution in [2.45, 2.75) is 52.4 Å². The Morgan fingerprint density at radius 3 is 0.889 bits per heavy atom. The molecule has 268 valence electrons. The molecule has 0 saturated carbocycles. The van der Waals surface area contributed by atoms with Gasteiger partial charge in [-0.05, 0) is 117 Å². The molecule has 0 amide bonds. The van der Waals surface area contributed by atoms with Gasteiger partial charge in [0, 0.05) is 34.1 Å². The van der Waals surface area contributed by atoms with E-state index in [4.69, 9.17) is 0 Å². The standard InChI is InChI=1S/C52H50N2/c1-51(2,3)43-27-35-49(36-28-43)54(50-37-29-44(30-38-50)52(4,5)6)48-33-25-42(26-34-48)41-23-19-39(20-24-41)17-18-40-21-31-47(32-22-40)53(45-13-9-7-10-14-45)46-15-11-8-12-16-46/h7-38H,1-6H3/b18-17+. The molecule has 2 heteroatoms. The van der Waals surface area contributed by atoms with Crippen LogP contribution in [0.25, 0.3) is 23.3 Å². The zero-order chi connectivity index (χ0) is 37.7. The minimum atomic E-state index is 0.101. The fourth-order valence-electron chi connectivity index (χ4n) is 6.79. The van der Waals surface area contributed by atoms with Crippen molar-refractivity contribution in [2.75, 3.05) is 9.80 Å². The van der Waals surface area contributed by atoms with Gasteiger partial charge in [0.1, 0.15) is 0 Å². The molecule has 0 aromatic heterocycles. The first-order chi connectivity index (χ1) is 26.0. The van der Waals surface area contributed by atoms with Crippen LogP contribution >= 0.6 is 0 Å². The monoisotopic (exact) mass is 702 g/mol. The molecule has 0 N–H and O–H groups in total. The molecule has 0 heterocycles. The maximum absolute atomic E-state index is 2.35. The van der Waals surface area contributed by atoms with E-state index < -0.39 is 0 Å². The van der Waals surface area contributed by atoms with Crippen molar-refractivity contribution in [1.82, 2.24) is 0 Å². The number of para-hydroxylation sites is 2. The second-order valence-corrected chi connectivity index (χ2v) is 16.0. The van der Waals surface area contributed by atoms with Crippen LogP contribution in [-0.2, 0) is 10.8 Å². The van der Waals surface area contributed by atoms with Crippen LogP contribution in [0.1, 0.15) is 63.8 Å². The van der Waals surface area contributed by atoms with Crippen LogP contribution < -0.4 is 9.80 Å². The van der Waals surface area contributed by atoms with Crippen LogP contribution in [0.5, 0.6) is 0 Å². The summed E-state index contributed by atoms with van der Waals surface area (Å²) in [7, 11) is 0. The van der Waals surface area contributed by atoms with Gasteiger partial charge in [-0.1, -0.05) is 163 Å². The van der Waals surface area contributed by atoms with E-state index in [9.17, 15) is 0 Å². The number of benzene rings is 7. The molecular formula is C52H50N2. The van der Waals surface area contributed by atoms with Gasteiger partial charge in [-0.2, -0.15) is 0 Å². The summed E-state index contributed by atoms with van der Waals surface area (Å²) in [5, 5.41) is 0. The quantitative estimate of drug-likeness (QED) is 0.138. The van der Waals surface area contributed by atoms with Crippen LogP contribution in [0, 0.1) is 0 Å². The molecule has 7 rings (SSSR count). The predicted octanol–water partition coefficient (Wildman–Crippen LogP) is 15.1. The molecule has 0 bridgehead atoms. The Bertz CT molecular complexity index is 2170. The van der Waals surface area contributed by atoms with Gasteiger partial charge in [-0.25, -0.2) is 0 Å². The van der Waals surface area contributed by atoms with E-state index in [2.05, 4.69) is 245 Å². The molecule has 0 fully saturated rings. The lowest BCUT2D eigenvalue weighted by Gasteiger charge is -2.28. The Kier molecular flexibility index (Phi) is 10.4. The average Bonchev–Trinajstić information content (AvgIpc) is 3.19. The first-order valence-electron chi connectivity index (χ1n) is 18.9. The van der Waals surface area contributed by atoms with Crippen LogP contribution in [-0.4, -0.2) is 0 Å². The zero-order valence-corrected chi connectivity index (χ0v) is 32.4. The highest BCUT2D eigenvalue weighted by Crippen LogP contribution is 2.38. The van der Waals surface area contributed by atoms with Crippen molar-refractivity contribution in [3.8, 4) is 11.1 Å². The van der Waals surface area contributed by atoms with Crippen molar-refractivity contribution in [2.24, 2.45) is 0 Å². The summed E-state index contributed by atoms with van der Waals surface area (Å²) in [6.07, 6.45) is 4.36. The van der Waals surface area contributed by atoms with Crippen molar-refractivity contribution in [3.63, 3.8) is 0 Å². The SMILES string of the molecule is CC(C)(C)c1ccc(N(c2ccc(-c3ccc(/C=C/c4ccc(N(c5ccccc5)c5ccccc5)cc4)cc3)cc2)c2ccc(C(C)(C)C)cc2)cc1. The van der Waals surface area contributed by atoms with Crippen molar-refractivity contribution < 1.29 is 0 Å². The third-order valence-corrected chi connectivity index (χ3v) is 10.0. The van der Waals surface area contributed by atoms with Gasteiger partial charge in [-0.3, -0.25) is 0 Å². The second kappa shape index (κ2) is 15.5. The van der Waals surface area contributed by atoms with E-state index in [0.717, 1.165) is 39.7 Å². The lowest BCUT2D eigenvalue weighted by Crippen LogP contribution is -2.14. The lowest BCUT2D eigenvalue weighted by molar-refractivity contribution is 0.590. The van der Waals surface area contributed by atoms with E-state index in [-0.39, 0.29) is 10.8 Å². The number of rotatable bonds is 9. The molecule has 7 aromatic rings. The number of hydrogen-bond acceptors (Lipinski definition) is 2. The van der Waals surface area contributed by atoms with Gasteiger partial charge in [-0.15, -0.1) is 0 Å². The molecule has 0 saturated heterocycles. The van der Waals surface area contributed by atoms with E-state index >= 15 is 0 Å². The maximum Gasteiger partial charge on any atom is 0.0462 e. The molecule has 0 spiro atoms. The minimum Gasteiger partial charge on any atom is -0.311 e. The van der Waals surface area contributed by atoms with Gasteiger partial charge in [0.05, 0.1) is 0 Å². The van der Waals surface area contributed by atoms with Gasteiger partial charge in [0.15, 0.2) is 0 Å². The van der Waals surface area contributed by atoms with Gasteiger partial charge >= 0.3 is 0 Å². The van der Waals surface area contributed by atoms with Crippen LogP contribution in [0.3, 0.4) is 0 Å². The Hall–Kier alpha value is -6.12. The normalized spacial score (nSPS) is 11.8. The molecule has 0 unspecified atom stereocenters. The highest BCUT2D eigenvalue weighted by molar-refractivity contribution is 5.80. The maximum atomic E-state index is 2.35. The predicted molar refractivity (Wildman–Crippen MR) is 234 cm³/mol. The Morgan fingerprint density at radius 1 is 0.296 bits per heavy atom. The summed E-state index contributed by atoms with van der Waals surface area (Å²) >= 11 is 0. The third kappa shape index (κ3) is 8.40. The summed E-state index contributed by atoms with van der Waals surface area (Å²) in [4.78, 5) is 4.63. The number of hydrogen-bond donors (Lipinski definition) is 0. The highest BCUT2D eigenvalue weighted by Gasteiger charge is 2.19. The fourth-order valence-corrected chi connectivity index (χ4v) is 6.79. The molecule has 0 radical (unpaired) electrons. The van der Waals surface area contributed by atoms with Crippen LogP contribution in [0.15, 0.2) is 182 Å². The highest BCUT2D eigenvalue weighted by atomic mass is 15.1. The third-order valence-electron chi connectivity index (χ3n) is 10.0. The van der Waals surface area contributed by atoms with Gasteiger partial charge < -0.3 is 9.80 Å². The molecular weight excluding hydrogens is 653 g/mol. The van der Waals surface area contributed by atoms with E-state index in [1.54, 1.807) is 0 Å². The van der Waals surface area contributed by atoms with E-state index in [1.807, 2.05) is 0 Å². The molecule has 2 nitrogen and oxygen atoms in total.